The quantitative estimate of drug-likeness (QED) is 0.932. The zero-order valence-electron chi connectivity index (χ0n) is 12.4. The Bertz CT molecular complexity index is 776. The second kappa shape index (κ2) is 5.62. The lowest BCUT2D eigenvalue weighted by Crippen LogP contribution is -2.47. The van der Waals surface area contributed by atoms with Gasteiger partial charge in [0.2, 0.25) is 5.91 Å². The van der Waals surface area contributed by atoms with E-state index in [0.717, 1.165) is 29.2 Å². The number of amides is 1. The van der Waals surface area contributed by atoms with E-state index in [-0.39, 0.29) is 12.3 Å². The zero-order valence-corrected chi connectivity index (χ0v) is 13.2. The van der Waals surface area contributed by atoms with Gasteiger partial charge in [0.1, 0.15) is 5.54 Å². The summed E-state index contributed by atoms with van der Waals surface area (Å²) in [5.41, 5.74) is 0.199. The van der Waals surface area contributed by atoms with E-state index in [1.54, 1.807) is 0 Å². The fourth-order valence-electron chi connectivity index (χ4n) is 2.78. The number of hydrogen-bond donors (Lipinski definition) is 1. The first-order chi connectivity index (χ1) is 10.5. The molecule has 3 rings (SSSR count). The monoisotopic (exact) mass is 312 g/mol. The average molecular weight is 313 g/mol. The number of carbonyl (C=O) groups excluding carboxylic acids is 1. The van der Waals surface area contributed by atoms with Crippen molar-refractivity contribution < 1.29 is 4.79 Å². The summed E-state index contributed by atoms with van der Waals surface area (Å²) in [5.74, 6) is 0.185. The number of fused-ring (bicyclic) bond motifs is 1. The molecule has 4 heteroatoms. The van der Waals surface area contributed by atoms with Crippen LogP contribution in [-0.2, 0) is 11.2 Å². The Hall–Kier alpha value is -2.05. The second-order valence-electron chi connectivity index (χ2n) is 6.14. The minimum absolute atomic E-state index is 0.107. The van der Waals surface area contributed by atoms with Gasteiger partial charge in [0.05, 0.1) is 12.5 Å². The minimum Gasteiger partial charge on any atom is -0.338 e. The van der Waals surface area contributed by atoms with Gasteiger partial charge >= 0.3 is 0 Å². The van der Waals surface area contributed by atoms with Crippen LogP contribution in [0, 0.1) is 17.2 Å². The van der Waals surface area contributed by atoms with Gasteiger partial charge in [0.15, 0.2) is 0 Å². The predicted molar refractivity (Wildman–Crippen MR) is 87.5 cm³/mol. The molecule has 0 aromatic heterocycles. The Kier molecular flexibility index (Phi) is 3.80. The van der Waals surface area contributed by atoms with Crippen molar-refractivity contribution >= 4 is 28.3 Å². The van der Waals surface area contributed by atoms with Gasteiger partial charge < -0.3 is 5.32 Å². The highest BCUT2D eigenvalue weighted by Gasteiger charge is 2.42. The van der Waals surface area contributed by atoms with E-state index < -0.39 is 5.54 Å². The molecule has 0 saturated heterocycles. The Morgan fingerprint density at radius 3 is 2.68 bits per heavy atom. The molecule has 2 aromatic carbocycles. The molecule has 0 spiro atoms. The third kappa shape index (κ3) is 3.08. The second-order valence-corrected chi connectivity index (χ2v) is 6.58. The molecule has 1 unspecified atom stereocenters. The van der Waals surface area contributed by atoms with Crippen LogP contribution in [0.4, 0.5) is 0 Å². The summed E-state index contributed by atoms with van der Waals surface area (Å²) in [6, 6.07) is 13.8. The molecule has 1 saturated carbocycles. The Labute approximate surface area is 134 Å². The minimum atomic E-state index is -0.735. The predicted octanol–water partition coefficient (Wildman–Crippen LogP) is 3.84. The zero-order chi connectivity index (χ0) is 15.7. The summed E-state index contributed by atoms with van der Waals surface area (Å²) in [7, 11) is 0. The van der Waals surface area contributed by atoms with Crippen LogP contribution in [-0.4, -0.2) is 11.4 Å². The van der Waals surface area contributed by atoms with Gasteiger partial charge in [-0.3, -0.25) is 4.79 Å². The molecule has 112 valence electrons. The fourth-order valence-corrected chi connectivity index (χ4v) is 2.96. The number of hydrogen-bond acceptors (Lipinski definition) is 2. The molecule has 1 aliphatic carbocycles. The van der Waals surface area contributed by atoms with Gasteiger partial charge in [-0.1, -0.05) is 35.9 Å². The SMILES string of the molecule is CC(C#N)(NC(=O)Cc1ccc2cc(Cl)ccc2c1)C1CC1. The number of benzene rings is 2. The average Bonchev–Trinajstić information content (AvgIpc) is 3.32. The smallest absolute Gasteiger partial charge is 0.225 e. The van der Waals surface area contributed by atoms with E-state index in [9.17, 15) is 10.1 Å². The Morgan fingerprint density at radius 2 is 2.00 bits per heavy atom. The van der Waals surface area contributed by atoms with E-state index in [0.29, 0.717) is 10.9 Å². The van der Waals surface area contributed by atoms with Crippen LogP contribution in [0.15, 0.2) is 36.4 Å². The molecule has 2 aromatic rings. The van der Waals surface area contributed by atoms with Crippen LogP contribution in [0.25, 0.3) is 10.8 Å². The van der Waals surface area contributed by atoms with E-state index in [2.05, 4.69) is 11.4 Å². The van der Waals surface area contributed by atoms with Gasteiger partial charge in [-0.2, -0.15) is 5.26 Å². The van der Waals surface area contributed by atoms with Crippen LogP contribution >= 0.6 is 11.6 Å². The van der Waals surface area contributed by atoms with Crippen molar-refractivity contribution in [2.24, 2.45) is 5.92 Å². The molecule has 0 radical (unpaired) electrons. The molecule has 1 amide bonds. The van der Waals surface area contributed by atoms with Gasteiger partial charge in [-0.25, -0.2) is 0 Å². The molecule has 1 N–H and O–H groups in total. The first-order valence-corrected chi connectivity index (χ1v) is 7.78. The summed E-state index contributed by atoms with van der Waals surface area (Å²) in [6.07, 6.45) is 2.31. The summed E-state index contributed by atoms with van der Waals surface area (Å²) < 4.78 is 0. The van der Waals surface area contributed by atoms with E-state index >= 15 is 0 Å². The van der Waals surface area contributed by atoms with Crippen LogP contribution in [0.1, 0.15) is 25.3 Å². The number of halogens is 1. The molecule has 1 fully saturated rings. The molecule has 1 aliphatic rings. The highest BCUT2D eigenvalue weighted by molar-refractivity contribution is 6.31. The van der Waals surface area contributed by atoms with Crippen molar-refractivity contribution in [2.45, 2.75) is 31.7 Å². The molecule has 0 aliphatic heterocycles. The van der Waals surface area contributed by atoms with Crippen molar-refractivity contribution in [3.05, 3.63) is 47.0 Å². The third-order valence-electron chi connectivity index (χ3n) is 4.26. The van der Waals surface area contributed by atoms with E-state index in [4.69, 9.17) is 11.6 Å². The number of nitriles is 1. The number of carbonyl (C=O) groups is 1. The Morgan fingerprint density at radius 1 is 1.32 bits per heavy atom. The highest BCUT2D eigenvalue weighted by atomic mass is 35.5. The van der Waals surface area contributed by atoms with Gasteiger partial charge in [0, 0.05) is 5.02 Å². The normalized spacial score (nSPS) is 16.8. The van der Waals surface area contributed by atoms with Gasteiger partial charge in [-0.15, -0.1) is 0 Å². The molecule has 1 atom stereocenters. The number of rotatable bonds is 4. The van der Waals surface area contributed by atoms with Crippen molar-refractivity contribution in [3.63, 3.8) is 0 Å². The maximum absolute atomic E-state index is 12.2. The van der Waals surface area contributed by atoms with Crippen molar-refractivity contribution in [2.75, 3.05) is 0 Å². The fraction of sp³-hybridized carbons (Fsp3) is 0.333. The van der Waals surface area contributed by atoms with Crippen molar-refractivity contribution in [1.29, 1.82) is 5.26 Å². The summed E-state index contributed by atoms with van der Waals surface area (Å²) >= 11 is 5.97. The van der Waals surface area contributed by atoms with Gasteiger partial charge in [0.25, 0.3) is 0 Å². The van der Waals surface area contributed by atoms with Crippen LogP contribution in [0.3, 0.4) is 0 Å². The lowest BCUT2D eigenvalue weighted by molar-refractivity contribution is -0.121. The first kappa shape index (κ1) is 14.9. The number of nitrogens with one attached hydrogen (secondary N) is 1. The largest absolute Gasteiger partial charge is 0.338 e. The van der Waals surface area contributed by atoms with Gasteiger partial charge in [-0.05, 0) is 54.2 Å². The molecule has 22 heavy (non-hydrogen) atoms. The standard InChI is InChI=1S/C18H17ClN2O/c1-18(11-20,15-5-6-15)21-17(22)9-12-2-3-14-10-16(19)7-4-13(14)8-12/h2-4,7-8,10,15H,5-6,9H2,1H3,(H,21,22). The van der Waals surface area contributed by atoms with Crippen molar-refractivity contribution in [3.8, 4) is 6.07 Å². The summed E-state index contributed by atoms with van der Waals surface area (Å²) in [5, 5.41) is 15.0. The maximum atomic E-state index is 12.2. The maximum Gasteiger partial charge on any atom is 0.225 e. The molecule has 3 nitrogen and oxygen atoms in total. The topological polar surface area (TPSA) is 52.9 Å². The Balaban J connectivity index is 1.74. The van der Waals surface area contributed by atoms with Crippen LogP contribution in [0.5, 0.6) is 0 Å². The van der Waals surface area contributed by atoms with E-state index in [1.807, 2.05) is 43.3 Å². The highest BCUT2D eigenvalue weighted by Crippen LogP contribution is 2.39. The molecular formula is C18H17ClN2O. The molecule has 0 heterocycles. The molecular weight excluding hydrogens is 296 g/mol. The lowest BCUT2D eigenvalue weighted by atomic mass is 9.97. The first-order valence-electron chi connectivity index (χ1n) is 7.41. The summed E-state index contributed by atoms with van der Waals surface area (Å²) in [6.45, 7) is 1.81. The van der Waals surface area contributed by atoms with Crippen LogP contribution < -0.4 is 5.32 Å². The lowest BCUT2D eigenvalue weighted by Gasteiger charge is -2.22. The van der Waals surface area contributed by atoms with Crippen molar-refractivity contribution in [1.82, 2.24) is 5.32 Å². The summed E-state index contributed by atoms with van der Waals surface area (Å²) in [4.78, 5) is 12.2. The number of nitrogens with zero attached hydrogens (tertiary/aromatic N) is 1. The van der Waals surface area contributed by atoms with E-state index in [1.165, 1.54) is 0 Å². The third-order valence-corrected chi connectivity index (χ3v) is 4.49. The van der Waals surface area contributed by atoms with Crippen LogP contribution in [0.2, 0.25) is 5.02 Å². The molecule has 0 bridgehead atoms.